The summed E-state index contributed by atoms with van der Waals surface area (Å²) >= 11 is 0. The van der Waals surface area contributed by atoms with Gasteiger partial charge in [0.1, 0.15) is 5.75 Å². The molecule has 3 rings (SSSR count). The molecular weight excluding hydrogens is 362 g/mol. The Labute approximate surface area is 160 Å². The van der Waals surface area contributed by atoms with Crippen LogP contribution >= 0.6 is 0 Å². The number of nitrogens with zero attached hydrogens (tertiary/aromatic N) is 1. The zero-order chi connectivity index (χ0) is 19.3. The molecule has 1 fully saturated rings. The first-order valence-corrected chi connectivity index (χ1v) is 11.0. The summed E-state index contributed by atoms with van der Waals surface area (Å²) in [5.41, 5.74) is 2.24. The molecule has 1 saturated heterocycles. The van der Waals surface area contributed by atoms with Crippen LogP contribution in [-0.2, 0) is 21.1 Å². The van der Waals surface area contributed by atoms with Crippen molar-refractivity contribution < 1.29 is 17.9 Å². The van der Waals surface area contributed by atoms with Crippen LogP contribution in [0.3, 0.4) is 0 Å². The molecule has 0 saturated carbocycles. The summed E-state index contributed by atoms with van der Waals surface area (Å²) in [5.74, 6) is 0.647. The SMILES string of the molecule is Cc1ccc(OCC(=O)N(CCc2ccccc2)[C@H]2CCS(=O)(=O)C2)cc1. The lowest BCUT2D eigenvalue weighted by molar-refractivity contribution is -0.135. The summed E-state index contributed by atoms with van der Waals surface area (Å²) in [7, 11) is -3.06. The van der Waals surface area contributed by atoms with Crippen LogP contribution in [-0.4, -0.2) is 49.9 Å². The average Bonchev–Trinajstić information content (AvgIpc) is 3.02. The Morgan fingerprint density at radius 2 is 1.81 bits per heavy atom. The fourth-order valence-corrected chi connectivity index (χ4v) is 5.02. The Morgan fingerprint density at radius 3 is 2.44 bits per heavy atom. The summed E-state index contributed by atoms with van der Waals surface area (Å²) in [6.07, 6.45) is 1.18. The van der Waals surface area contributed by atoms with Gasteiger partial charge in [0.05, 0.1) is 11.5 Å². The highest BCUT2D eigenvalue weighted by molar-refractivity contribution is 7.91. The number of amides is 1. The summed E-state index contributed by atoms with van der Waals surface area (Å²) < 4.78 is 29.4. The van der Waals surface area contributed by atoms with E-state index in [4.69, 9.17) is 4.74 Å². The van der Waals surface area contributed by atoms with Crippen LogP contribution in [0.2, 0.25) is 0 Å². The predicted octanol–water partition coefficient (Wildman–Crippen LogP) is 2.63. The van der Waals surface area contributed by atoms with E-state index in [1.165, 1.54) is 0 Å². The van der Waals surface area contributed by atoms with Crippen LogP contribution in [0.5, 0.6) is 5.75 Å². The van der Waals surface area contributed by atoms with Crippen molar-refractivity contribution >= 4 is 15.7 Å². The zero-order valence-corrected chi connectivity index (χ0v) is 16.3. The summed E-state index contributed by atoms with van der Waals surface area (Å²) in [6, 6.07) is 17.1. The minimum absolute atomic E-state index is 0.0397. The fourth-order valence-electron chi connectivity index (χ4n) is 3.29. The second-order valence-electron chi connectivity index (χ2n) is 6.98. The van der Waals surface area contributed by atoms with Gasteiger partial charge in [-0.1, -0.05) is 48.0 Å². The molecule has 0 unspecified atom stereocenters. The molecule has 0 radical (unpaired) electrons. The molecule has 5 nitrogen and oxygen atoms in total. The van der Waals surface area contributed by atoms with Crippen molar-refractivity contribution in [1.82, 2.24) is 4.90 Å². The number of hydrogen-bond acceptors (Lipinski definition) is 4. The number of aryl methyl sites for hydroxylation is 1. The van der Waals surface area contributed by atoms with Gasteiger partial charge < -0.3 is 9.64 Å². The molecule has 0 N–H and O–H groups in total. The highest BCUT2D eigenvalue weighted by Crippen LogP contribution is 2.19. The first-order valence-electron chi connectivity index (χ1n) is 9.16. The Bertz CT molecular complexity index is 863. The second kappa shape index (κ2) is 8.57. The predicted molar refractivity (Wildman–Crippen MR) is 106 cm³/mol. The van der Waals surface area contributed by atoms with Crippen molar-refractivity contribution in [3.05, 3.63) is 65.7 Å². The van der Waals surface area contributed by atoms with Gasteiger partial charge in [-0.2, -0.15) is 0 Å². The van der Waals surface area contributed by atoms with Crippen molar-refractivity contribution in [2.75, 3.05) is 24.7 Å². The van der Waals surface area contributed by atoms with Crippen LogP contribution in [0.15, 0.2) is 54.6 Å². The summed E-state index contributed by atoms with van der Waals surface area (Å²) in [4.78, 5) is 14.5. The minimum atomic E-state index is -3.06. The molecule has 2 aromatic carbocycles. The van der Waals surface area contributed by atoms with E-state index in [2.05, 4.69) is 0 Å². The number of ether oxygens (including phenoxy) is 1. The van der Waals surface area contributed by atoms with E-state index in [0.717, 1.165) is 11.1 Å². The first kappa shape index (κ1) is 19.4. The van der Waals surface area contributed by atoms with Crippen molar-refractivity contribution in [2.24, 2.45) is 0 Å². The Balaban J connectivity index is 1.66. The van der Waals surface area contributed by atoms with E-state index < -0.39 is 9.84 Å². The largest absolute Gasteiger partial charge is 0.484 e. The van der Waals surface area contributed by atoms with Gasteiger partial charge in [0.25, 0.3) is 5.91 Å². The van der Waals surface area contributed by atoms with E-state index in [9.17, 15) is 13.2 Å². The van der Waals surface area contributed by atoms with Crippen LogP contribution in [0.4, 0.5) is 0 Å². The van der Waals surface area contributed by atoms with Gasteiger partial charge in [-0.15, -0.1) is 0 Å². The van der Waals surface area contributed by atoms with Gasteiger partial charge in [0.2, 0.25) is 0 Å². The smallest absolute Gasteiger partial charge is 0.260 e. The summed E-state index contributed by atoms with van der Waals surface area (Å²) in [6.45, 7) is 2.38. The lowest BCUT2D eigenvalue weighted by atomic mass is 10.1. The molecule has 1 heterocycles. The molecule has 0 bridgehead atoms. The van der Waals surface area contributed by atoms with Crippen molar-refractivity contribution in [3.8, 4) is 5.75 Å². The Kier molecular flexibility index (Phi) is 6.16. The first-order chi connectivity index (χ1) is 12.9. The van der Waals surface area contributed by atoms with Gasteiger partial charge in [-0.25, -0.2) is 8.42 Å². The molecule has 27 heavy (non-hydrogen) atoms. The number of rotatable bonds is 7. The highest BCUT2D eigenvalue weighted by atomic mass is 32.2. The third-order valence-electron chi connectivity index (χ3n) is 4.84. The molecule has 0 aromatic heterocycles. The van der Waals surface area contributed by atoms with Gasteiger partial charge in [-0.05, 0) is 37.5 Å². The normalized spacial score (nSPS) is 18.2. The summed E-state index contributed by atoms with van der Waals surface area (Å²) in [5, 5.41) is 0. The van der Waals surface area contributed by atoms with Crippen LogP contribution in [0.25, 0.3) is 0 Å². The molecule has 1 amide bonds. The number of sulfone groups is 1. The maximum atomic E-state index is 12.8. The van der Waals surface area contributed by atoms with Crippen LogP contribution < -0.4 is 4.74 Å². The number of carbonyl (C=O) groups excluding carboxylic acids is 1. The zero-order valence-electron chi connectivity index (χ0n) is 15.5. The fraction of sp³-hybridized carbons (Fsp3) is 0.381. The quantitative estimate of drug-likeness (QED) is 0.733. The van der Waals surface area contributed by atoms with Gasteiger partial charge in [0.15, 0.2) is 16.4 Å². The maximum absolute atomic E-state index is 12.8. The highest BCUT2D eigenvalue weighted by Gasteiger charge is 2.34. The molecule has 1 atom stereocenters. The van der Waals surface area contributed by atoms with E-state index in [1.54, 1.807) is 4.90 Å². The molecule has 0 aliphatic carbocycles. The van der Waals surface area contributed by atoms with E-state index >= 15 is 0 Å². The number of carbonyl (C=O) groups is 1. The van der Waals surface area contributed by atoms with E-state index in [-0.39, 0.29) is 30.1 Å². The molecule has 1 aliphatic rings. The number of benzene rings is 2. The van der Waals surface area contributed by atoms with Crippen LogP contribution in [0, 0.1) is 6.92 Å². The van der Waals surface area contributed by atoms with E-state index in [0.29, 0.717) is 25.1 Å². The van der Waals surface area contributed by atoms with Crippen LogP contribution in [0.1, 0.15) is 17.5 Å². The third kappa shape index (κ3) is 5.57. The van der Waals surface area contributed by atoms with Gasteiger partial charge in [-0.3, -0.25) is 4.79 Å². The lowest BCUT2D eigenvalue weighted by Crippen LogP contribution is -2.44. The lowest BCUT2D eigenvalue weighted by Gasteiger charge is -2.28. The second-order valence-corrected chi connectivity index (χ2v) is 9.21. The van der Waals surface area contributed by atoms with Crippen molar-refractivity contribution in [3.63, 3.8) is 0 Å². The van der Waals surface area contributed by atoms with Crippen molar-refractivity contribution in [1.29, 1.82) is 0 Å². The minimum Gasteiger partial charge on any atom is -0.484 e. The topological polar surface area (TPSA) is 63.7 Å². The maximum Gasteiger partial charge on any atom is 0.260 e. The Hall–Kier alpha value is -2.34. The number of hydrogen-bond donors (Lipinski definition) is 0. The third-order valence-corrected chi connectivity index (χ3v) is 6.59. The Morgan fingerprint density at radius 1 is 1.11 bits per heavy atom. The monoisotopic (exact) mass is 387 g/mol. The molecule has 2 aromatic rings. The molecule has 144 valence electrons. The van der Waals surface area contributed by atoms with E-state index in [1.807, 2.05) is 61.5 Å². The molecular formula is C21H25NO4S. The van der Waals surface area contributed by atoms with Crippen molar-refractivity contribution in [2.45, 2.75) is 25.8 Å². The molecule has 1 aliphatic heterocycles. The van der Waals surface area contributed by atoms with Gasteiger partial charge in [0, 0.05) is 12.6 Å². The average molecular weight is 388 g/mol. The standard InChI is InChI=1S/C21H25NO4S/c1-17-7-9-20(10-8-17)26-15-21(23)22(19-12-14-27(24,25)16-19)13-11-18-5-3-2-4-6-18/h2-10,19H,11-16H2,1H3/t19-/m0/s1. The molecule has 6 heteroatoms. The molecule has 0 spiro atoms. The van der Waals surface area contributed by atoms with Gasteiger partial charge >= 0.3 is 0 Å².